The first-order valence-corrected chi connectivity index (χ1v) is 6.59. The van der Waals surface area contributed by atoms with Crippen molar-refractivity contribution in [2.75, 3.05) is 26.2 Å². The van der Waals surface area contributed by atoms with Crippen molar-refractivity contribution in [2.24, 2.45) is 11.8 Å². The van der Waals surface area contributed by atoms with E-state index in [0.717, 1.165) is 12.5 Å². The van der Waals surface area contributed by atoms with Crippen molar-refractivity contribution >= 4 is 0 Å². The largest absolute Gasteiger partial charge is 0.396 e. The van der Waals surface area contributed by atoms with Crippen LogP contribution >= 0.6 is 0 Å². The lowest BCUT2D eigenvalue weighted by atomic mass is 9.96. The van der Waals surface area contributed by atoms with Crippen molar-refractivity contribution in [1.82, 2.24) is 4.90 Å². The number of likely N-dealkylation sites (tertiary alicyclic amines) is 1. The van der Waals surface area contributed by atoms with Gasteiger partial charge in [-0.05, 0) is 44.2 Å². The summed E-state index contributed by atoms with van der Waals surface area (Å²) in [5, 5.41) is 9.05. The number of hydrogen-bond acceptors (Lipinski definition) is 2. The molecule has 0 spiro atoms. The highest BCUT2D eigenvalue weighted by Gasteiger charge is 2.17. The van der Waals surface area contributed by atoms with Gasteiger partial charge in [-0.25, -0.2) is 0 Å². The van der Waals surface area contributed by atoms with E-state index in [1.807, 2.05) is 0 Å². The second-order valence-corrected chi connectivity index (χ2v) is 5.17. The van der Waals surface area contributed by atoms with Crippen LogP contribution in [0, 0.1) is 11.8 Å². The molecule has 90 valence electrons. The summed E-state index contributed by atoms with van der Waals surface area (Å²) in [6.45, 7) is 8.31. The minimum absolute atomic E-state index is 0.328. The number of nitrogens with zero attached hydrogens (tertiary/aromatic N) is 1. The van der Waals surface area contributed by atoms with Crippen molar-refractivity contribution in [3.05, 3.63) is 0 Å². The Labute approximate surface area is 94.7 Å². The molecule has 2 unspecified atom stereocenters. The molecule has 0 radical (unpaired) electrons. The zero-order valence-electron chi connectivity index (χ0n) is 10.4. The SMILES string of the molecule is CCCC1CCCN(CC(C)CO)CC1. The van der Waals surface area contributed by atoms with Gasteiger partial charge in [-0.2, -0.15) is 0 Å². The minimum Gasteiger partial charge on any atom is -0.396 e. The van der Waals surface area contributed by atoms with Crippen LogP contribution in [0.15, 0.2) is 0 Å². The zero-order valence-corrected chi connectivity index (χ0v) is 10.4. The zero-order chi connectivity index (χ0) is 11.1. The average Bonchev–Trinajstić information content (AvgIpc) is 2.45. The standard InChI is InChI=1S/C13H27NO/c1-3-5-13-6-4-8-14(9-7-13)10-12(2)11-15/h12-13,15H,3-11H2,1-2H3. The van der Waals surface area contributed by atoms with Crippen LogP contribution in [0.1, 0.15) is 46.0 Å². The molecule has 0 aromatic carbocycles. The molecule has 0 aromatic rings. The van der Waals surface area contributed by atoms with Gasteiger partial charge in [0.05, 0.1) is 0 Å². The first-order chi connectivity index (χ1) is 7.26. The van der Waals surface area contributed by atoms with Crippen LogP contribution in [0.5, 0.6) is 0 Å². The molecule has 1 fully saturated rings. The van der Waals surface area contributed by atoms with Gasteiger partial charge in [0.2, 0.25) is 0 Å². The molecule has 0 saturated carbocycles. The van der Waals surface area contributed by atoms with Crippen molar-refractivity contribution in [2.45, 2.75) is 46.0 Å². The first-order valence-electron chi connectivity index (χ1n) is 6.59. The van der Waals surface area contributed by atoms with E-state index in [1.165, 1.54) is 45.2 Å². The van der Waals surface area contributed by atoms with Crippen LogP contribution in [0.25, 0.3) is 0 Å². The second kappa shape index (κ2) is 7.24. The molecular formula is C13H27NO. The predicted octanol–water partition coefficient (Wildman–Crippen LogP) is 2.52. The second-order valence-electron chi connectivity index (χ2n) is 5.17. The molecule has 1 saturated heterocycles. The lowest BCUT2D eigenvalue weighted by Crippen LogP contribution is -2.30. The summed E-state index contributed by atoms with van der Waals surface area (Å²) in [4.78, 5) is 2.54. The summed E-state index contributed by atoms with van der Waals surface area (Å²) in [7, 11) is 0. The minimum atomic E-state index is 0.328. The van der Waals surface area contributed by atoms with Crippen molar-refractivity contribution < 1.29 is 5.11 Å². The Hall–Kier alpha value is -0.0800. The van der Waals surface area contributed by atoms with Gasteiger partial charge < -0.3 is 10.0 Å². The van der Waals surface area contributed by atoms with E-state index in [0.29, 0.717) is 12.5 Å². The molecule has 1 aliphatic rings. The molecule has 0 aliphatic carbocycles. The summed E-state index contributed by atoms with van der Waals surface area (Å²) in [6, 6.07) is 0. The maximum atomic E-state index is 9.05. The summed E-state index contributed by atoms with van der Waals surface area (Å²) in [5.74, 6) is 1.40. The molecule has 1 heterocycles. The Balaban J connectivity index is 2.26. The first kappa shape index (κ1) is 13.0. The topological polar surface area (TPSA) is 23.5 Å². The van der Waals surface area contributed by atoms with Gasteiger partial charge in [0.15, 0.2) is 0 Å². The molecule has 2 heteroatoms. The van der Waals surface area contributed by atoms with Crippen LogP contribution in [0.2, 0.25) is 0 Å². The third kappa shape index (κ3) is 4.98. The molecule has 0 bridgehead atoms. The van der Waals surface area contributed by atoms with Gasteiger partial charge in [-0.15, -0.1) is 0 Å². The predicted molar refractivity (Wildman–Crippen MR) is 64.9 cm³/mol. The van der Waals surface area contributed by atoms with Crippen LogP contribution in [-0.4, -0.2) is 36.2 Å². The number of hydrogen-bond donors (Lipinski definition) is 1. The number of rotatable bonds is 5. The Bertz CT molecular complexity index is 161. The molecule has 15 heavy (non-hydrogen) atoms. The molecule has 0 amide bonds. The van der Waals surface area contributed by atoms with Gasteiger partial charge in [0.1, 0.15) is 0 Å². The molecule has 2 atom stereocenters. The summed E-state index contributed by atoms with van der Waals surface area (Å²) < 4.78 is 0. The molecule has 1 aliphatic heterocycles. The van der Waals surface area contributed by atoms with Gasteiger partial charge in [-0.3, -0.25) is 0 Å². The maximum Gasteiger partial charge on any atom is 0.0468 e. The van der Waals surface area contributed by atoms with Crippen molar-refractivity contribution in [1.29, 1.82) is 0 Å². The Morgan fingerprint density at radius 2 is 2.13 bits per heavy atom. The van der Waals surface area contributed by atoms with Crippen molar-refractivity contribution in [3.63, 3.8) is 0 Å². The van der Waals surface area contributed by atoms with Crippen LogP contribution in [-0.2, 0) is 0 Å². The number of aliphatic hydroxyl groups is 1. The van der Waals surface area contributed by atoms with E-state index in [4.69, 9.17) is 5.11 Å². The smallest absolute Gasteiger partial charge is 0.0468 e. The summed E-state index contributed by atoms with van der Waals surface area (Å²) in [5.41, 5.74) is 0. The fourth-order valence-electron chi connectivity index (χ4n) is 2.60. The third-order valence-electron chi connectivity index (χ3n) is 3.52. The monoisotopic (exact) mass is 213 g/mol. The summed E-state index contributed by atoms with van der Waals surface area (Å²) in [6.07, 6.45) is 6.87. The maximum absolute atomic E-state index is 9.05. The van der Waals surface area contributed by atoms with Gasteiger partial charge in [-0.1, -0.05) is 26.7 Å². The van der Waals surface area contributed by atoms with E-state index in [-0.39, 0.29) is 0 Å². The molecule has 2 nitrogen and oxygen atoms in total. The van der Waals surface area contributed by atoms with E-state index < -0.39 is 0 Å². The number of aliphatic hydroxyl groups excluding tert-OH is 1. The lowest BCUT2D eigenvalue weighted by molar-refractivity contribution is 0.175. The normalized spacial score (nSPS) is 26.2. The fraction of sp³-hybridized carbons (Fsp3) is 1.00. The molecule has 1 N–H and O–H groups in total. The quantitative estimate of drug-likeness (QED) is 0.758. The molecule has 1 rings (SSSR count). The third-order valence-corrected chi connectivity index (χ3v) is 3.52. The van der Waals surface area contributed by atoms with Crippen LogP contribution in [0.3, 0.4) is 0 Å². The van der Waals surface area contributed by atoms with E-state index in [1.54, 1.807) is 0 Å². The fourth-order valence-corrected chi connectivity index (χ4v) is 2.60. The van der Waals surface area contributed by atoms with Crippen LogP contribution < -0.4 is 0 Å². The molecule has 0 aromatic heterocycles. The lowest BCUT2D eigenvalue weighted by Gasteiger charge is -2.23. The van der Waals surface area contributed by atoms with Gasteiger partial charge in [0.25, 0.3) is 0 Å². The van der Waals surface area contributed by atoms with Crippen molar-refractivity contribution in [3.8, 4) is 0 Å². The van der Waals surface area contributed by atoms with Crippen LogP contribution in [0.4, 0.5) is 0 Å². The van der Waals surface area contributed by atoms with E-state index >= 15 is 0 Å². The Morgan fingerprint density at radius 1 is 1.33 bits per heavy atom. The highest BCUT2D eigenvalue weighted by atomic mass is 16.3. The van der Waals surface area contributed by atoms with Gasteiger partial charge >= 0.3 is 0 Å². The summed E-state index contributed by atoms with van der Waals surface area (Å²) >= 11 is 0. The highest BCUT2D eigenvalue weighted by Crippen LogP contribution is 2.22. The molecular weight excluding hydrogens is 186 g/mol. The average molecular weight is 213 g/mol. The van der Waals surface area contributed by atoms with E-state index in [2.05, 4.69) is 18.7 Å². The highest BCUT2D eigenvalue weighted by molar-refractivity contribution is 4.71. The Kier molecular flexibility index (Phi) is 6.26. The Morgan fingerprint density at radius 3 is 2.80 bits per heavy atom. The van der Waals surface area contributed by atoms with E-state index in [9.17, 15) is 0 Å². The van der Waals surface area contributed by atoms with Gasteiger partial charge in [0, 0.05) is 13.2 Å².